The molecule has 0 aromatic heterocycles. The predicted molar refractivity (Wildman–Crippen MR) is 125 cm³/mol. The number of rotatable bonds is 18. The number of hydrogen-bond acceptors (Lipinski definition) is 9. The highest BCUT2D eigenvalue weighted by molar-refractivity contribution is 5.70. The van der Waals surface area contributed by atoms with Gasteiger partial charge >= 0.3 is 17.9 Å². The summed E-state index contributed by atoms with van der Waals surface area (Å²) in [6.07, 6.45) is 2.45. The lowest BCUT2D eigenvalue weighted by atomic mass is 9.88. The van der Waals surface area contributed by atoms with Crippen LogP contribution in [0.1, 0.15) is 59.8 Å². The van der Waals surface area contributed by atoms with Gasteiger partial charge in [0.2, 0.25) is 0 Å². The lowest BCUT2D eigenvalue weighted by Crippen LogP contribution is -2.39. The van der Waals surface area contributed by atoms with Crippen molar-refractivity contribution in [2.75, 3.05) is 59.1 Å². The standard InChI is InChI=1S/C24H43N3O6/c1-5-10-25-11-7-21(28)31-16-24(6-2,17-32-22(29)8-12-26-14-19(26)3)18-33-23(30)9-13-27-15-20(27)4/h19-20,25H,5-18H2,1-4H3. The average Bonchev–Trinajstić information content (AvgIpc) is 3.71. The summed E-state index contributed by atoms with van der Waals surface area (Å²) in [4.78, 5) is 41.1. The fourth-order valence-corrected chi connectivity index (χ4v) is 3.52. The summed E-state index contributed by atoms with van der Waals surface area (Å²) in [7, 11) is 0. The Morgan fingerprint density at radius 1 is 0.788 bits per heavy atom. The first-order valence-corrected chi connectivity index (χ1v) is 12.4. The van der Waals surface area contributed by atoms with Gasteiger partial charge in [0.1, 0.15) is 19.8 Å². The van der Waals surface area contributed by atoms with Crippen molar-refractivity contribution < 1.29 is 28.6 Å². The normalized spacial score (nSPS) is 25.1. The van der Waals surface area contributed by atoms with Gasteiger partial charge in [-0.1, -0.05) is 13.8 Å². The Kier molecular flexibility index (Phi) is 11.6. The topological polar surface area (TPSA) is 97.0 Å². The summed E-state index contributed by atoms with van der Waals surface area (Å²) < 4.78 is 16.6. The Bertz CT molecular complexity index is 608. The minimum atomic E-state index is -0.752. The molecule has 0 bridgehead atoms. The van der Waals surface area contributed by atoms with Crippen molar-refractivity contribution >= 4 is 17.9 Å². The Morgan fingerprint density at radius 2 is 1.21 bits per heavy atom. The van der Waals surface area contributed by atoms with Crippen molar-refractivity contribution in [3.8, 4) is 0 Å². The number of esters is 3. The van der Waals surface area contributed by atoms with Gasteiger partial charge in [-0.05, 0) is 33.2 Å². The molecule has 0 radical (unpaired) electrons. The van der Waals surface area contributed by atoms with E-state index in [0.717, 1.165) is 26.1 Å². The number of nitrogens with one attached hydrogen (secondary N) is 1. The molecule has 4 atom stereocenters. The van der Waals surface area contributed by atoms with Crippen molar-refractivity contribution in [2.24, 2.45) is 5.41 Å². The van der Waals surface area contributed by atoms with E-state index in [-0.39, 0.29) is 44.1 Å². The van der Waals surface area contributed by atoms with Crippen LogP contribution in [0.15, 0.2) is 0 Å². The lowest BCUT2D eigenvalue weighted by molar-refractivity contribution is -0.162. The predicted octanol–water partition coefficient (Wildman–Crippen LogP) is 1.59. The highest BCUT2D eigenvalue weighted by Gasteiger charge is 2.35. The molecule has 2 aliphatic heterocycles. The second-order valence-electron chi connectivity index (χ2n) is 9.52. The summed E-state index contributed by atoms with van der Waals surface area (Å²) in [6, 6.07) is 1.07. The van der Waals surface area contributed by atoms with Gasteiger partial charge in [-0.3, -0.25) is 24.2 Å². The zero-order chi connectivity index (χ0) is 24.3. The minimum absolute atomic E-state index is 0.0446. The van der Waals surface area contributed by atoms with Gasteiger partial charge in [0.25, 0.3) is 0 Å². The molecule has 2 aliphatic rings. The number of hydrogen-bond donors (Lipinski definition) is 1. The zero-order valence-electron chi connectivity index (χ0n) is 20.9. The summed E-state index contributed by atoms with van der Waals surface area (Å²) in [5.74, 6) is -0.896. The maximum absolute atomic E-state index is 12.3. The molecule has 2 heterocycles. The average molecular weight is 470 g/mol. The van der Waals surface area contributed by atoms with Crippen LogP contribution in [0.5, 0.6) is 0 Å². The van der Waals surface area contributed by atoms with E-state index in [1.807, 2.05) is 6.92 Å². The van der Waals surface area contributed by atoms with Crippen molar-refractivity contribution in [1.82, 2.24) is 15.1 Å². The summed E-state index contributed by atoms with van der Waals surface area (Å²) in [5.41, 5.74) is -0.752. The smallest absolute Gasteiger partial charge is 0.307 e. The highest BCUT2D eigenvalue weighted by Crippen LogP contribution is 2.25. The van der Waals surface area contributed by atoms with Crippen LogP contribution >= 0.6 is 0 Å². The van der Waals surface area contributed by atoms with Gasteiger partial charge in [-0.25, -0.2) is 0 Å². The molecule has 0 aliphatic carbocycles. The molecule has 0 saturated carbocycles. The van der Waals surface area contributed by atoms with E-state index in [9.17, 15) is 14.4 Å². The Balaban J connectivity index is 1.82. The Morgan fingerprint density at radius 3 is 1.58 bits per heavy atom. The van der Waals surface area contributed by atoms with Crippen molar-refractivity contribution in [1.29, 1.82) is 0 Å². The second kappa shape index (κ2) is 13.9. The van der Waals surface area contributed by atoms with E-state index in [2.05, 4.69) is 35.9 Å². The molecule has 9 heteroatoms. The van der Waals surface area contributed by atoms with Crippen LogP contribution in [0.25, 0.3) is 0 Å². The molecule has 0 aromatic rings. The maximum Gasteiger partial charge on any atom is 0.307 e. The molecule has 9 nitrogen and oxygen atoms in total. The Hall–Kier alpha value is -1.71. The second-order valence-corrected chi connectivity index (χ2v) is 9.52. The monoisotopic (exact) mass is 469 g/mol. The first kappa shape index (κ1) is 27.5. The third-order valence-corrected chi connectivity index (χ3v) is 6.48. The van der Waals surface area contributed by atoms with Crippen molar-refractivity contribution in [3.05, 3.63) is 0 Å². The lowest BCUT2D eigenvalue weighted by Gasteiger charge is -2.31. The first-order chi connectivity index (χ1) is 15.8. The highest BCUT2D eigenvalue weighted by atomic mass is 16.6. The summed E-state index contributed by atoms with van der Waals surface area (Å²) >= 11 is 0. The largest absolute Gasteiger partial charge is 0.465 e. The molecule has 0 amide bonds. The number of ether oxygens (including phenoxy) is 3. The molecular formula is C24H43N3O6. The molecule has 0 spiro atoms. The molecule has 2 fully saturated rings. The zero-order valence-corrected chi connectivity index (χ0v) is 20.9. The van der Waals surface area contributed by atoms with E-state index in [1.54, 1.807) is 0 Å². The van der Waals surface area contributed by atoms with Crippen LogP contribution in [0.2, 0.25) is 0 Å². The van der Waals surface area contributed by atoms with E-state index in [4.69, 9.17) is 14.2 Å². The van der Waals surface area contributed by atoms with Gasteiger partial charge in [-0.2, -0.15) is 0 Å². The van der Waals surface area contributed by atoms with Crippen LogP contribution < -0.4 is 5.32 Å². The molecule has 4 unspecified atom stereocenters. The van der Waals surface area contributed by atoms with Crippen LogP contribution in [0, 0.1) is 5.41 Å². The van der Waals surface area contributed by atoms with E-state index in [1.165, 1.54) is 0 Å². The first-order valence-electron chi connectivity index (χ1n) is 12.4. The molecule has 190 valence electrons. The number of carbonyl (C=O) groups excluding carboxylic acids is 3. The van der Waals surface area contributed by atoms with Gasteiger partial charge in [0, 0.05) is 44.8 Å². The fourth-order valence-electron chi connectivity index (χ4n) is 3.52. The van der Waals surface area contributed by atoms with Gasteiger partial charge in [-0.15, -0.1) is 0 Å². The molecule has 0 aromatic carbocycles. The maximum atomic E-state index is 12.3. The van der Waals surface area contributed by atoms with E-state index >= 15 is 0 Å². The SMILES string of the molecule is CCCNCCC(=O)OCC(CC)(COC(=O)CCN1CC1C)COC(=O)CCN1CC1C. The summed E-state index contributed by atoms with van der Waals surface area (Å²) in [6.45, 7) is 13.2. The number of nitrogens with zero attached hydrogens (tertiary/aromatic N) is 2. The summed E-state index contributed by atoms with van der Waals surface area (Å²) in [5, 5.41) is 3.17. The quantitative estimate of drug-likeness (QED) is 0.139. The van der Waals surface area contributed by atoms with Crippen LogP contribution in [-0.2, 0) is 28.6 Å². The van der Waals surface area contributed by atoms with Gasteiger partial charge in [0.15, 0.2) is 0 Å². The van der Waals surface area contributed by atoms with Crippen LogP contribution in [0.4, 0.5) is 0 Å². The van der Waals surface area contributed by atoms with E-state index in [0.29, 0.717) is 51.0 Å². The van der Waals surface area contributed by atoms with Crippen LogP contribution in [-0.4, -0.2) is 98.9 Å². The third kappa shape index (κ3) is 10.8. The number of carbonyl (C=O) groups is 3. The molecule has 2 saturated heterocycles. The van der Waals surface area contributed by atoms with Gasteiger partial charge in [0.05, 0.1) is 24.7 Å². The molecule has 33 heavy (non-hydrogen) atoms. The minimum Gasteiger partial charge on any atom is -0.465 e. The fraction of sp³-hybridized carbons (Fsp3) is 0.875. The molecule has 1 N–H and O–H groups in total. The van der Waals surface area contributed by atoms with Crippen molar-refractivity contribution in [2.45, 2.75) is 71.9 Å². The molecular weight excluding hydrogens is 426 g/mol. The van der Waals surface area contributed by atoms with E-state index < -0.39 is 5.41 Å². The third-order valence-electron chi connectivity index (χ3n) is 6.48. The van der Waals surface area contributed by atoms with Gasteiger partial charge < -0.3 is 19.5 Å². The van der Waals surface area contributed by atoms with Crippen LogP contribution in [0.3, 0.4) is 0 Å². The Labute approximate surface area is 198 Å². The van der Waals surface area contributed by atoms with Crippen molar-refractivity contribution in [3.63, 3.8) is 0 Å². The molecule has 2 rings (SSSR count).